The lowest BCUT2D eigenvalue weighted by Gasteiger charge is -2.22. The molecule has 0 spiro atoms. The van der Waals surface area contributed by atoms with E-state index >= 15 is 0 Å². The summed E-state index contributed by atoms with van der Waals surface area (Å²) in [5.41, 5.74) is 0.833. The maximum Gasteiger partial charge on any atom is 0.239 e. The van der Waals surface area contributed by atoms with Gasteiger partial charge in [0.15, 0.2) is 0 Å². The second-order valence-electron chi connectivity index (χ2n) is 4.93. The van der Waals surface area contributed by atoms with Crippen LogP contribution in [-0.4, -0.2) is 35.5 Å². The van der Waals surface area contributed by atoms with Crippen LogP contribution in [0.25, 0.3) is 0 Å². The molecule has 1 aliphatic rings. The van der Waals surface area contributed by atoms with Gasteiger partial charge in [-0.3, -0.25) is 10.1 Å². The summed E-state index contributed by atoms with van der Waals surface area (Å²) in [7, 11) is 1.82. The Bertz CT molecular complexity index is 479. The highest BCUT2D eigenvalue weighted by Crippen LogP contribution is 2.30. The average molecular weight is 327 g/mol. The van der Waals surface area contributed by atoms with Gasteiger partial charge in [-0.05, 0) is 31.0 Å². The van der Waals surface area contributed by atoms with E-state index in [0.717, 1.165) is 29.4 Å². The van der Waals surface area contributed by atoms with Crippen LogP contribution in [0.2, 0.25) is 0 Å². The fourth-order valence-corrected chi connectivity index (χ4v) is 2.83. The van der Waals surface area contributed by atoms with Gasteiger partial charge in [-0.15, -0.1) is 0 Å². The number of likely N-dealkylation sites (N-methyl/N-ethyl adjacent to an activating group) is 1. The van der Waals surface area contributed by atoms with Crippen molar-refractivity contribution in [3.8, 4) is 5.75 Å². The molecule has 0 radical (unpaired) electrons. The van der Waals surface area contributed by atoms with Gasteiger partial charge in [-0.25, -0.2) is 0 Å². The molecule has 0 aromatic heterocycles. The minimum Gasteiger partial charge on any atom is -0.508 e. The number of carbonyl (C=O) groups is 1. The second kappa shape index (κ2) is 5.92. The van der Waals surface area contributed by atoms with Crippen LogP contribution in [0.4, 0.5) is 0 Å². The van der Waals surface area contributed by atoms with Crippen molar-refractivity contribution in [1.82, 2.24) is 10.2 Å². The van der Waals surface area contributed by atoms with E-state index in [2.05, 4.69) is 21.2 Å². The summed E-state index contributed by atoms with van der Waals surface area (Å²) in [6, 6.07) is 5.22. The van der Waals surface area contributed by atoms with E-state index in [1.54, 1.807) is 17.0 Å². The highest BCUT2D eigenvalue weighted by atomic mass is 79.9. The van der Waals surface area contributed by atoms with Gasteiger partial charge >= 0.3 is 0 Å². The topological polar surface area (TPSA) is 52.6 Å². The number of hydrogen-bond donors (Lipinski definition) is 2. The maximum absolute atomic E-state index is 11.9. The van der Waals surface area contributed by atoms with Crippen LogP contribution in [0.3, 0.4) is 0 Å². The third-order valence-corrected chi connectivity index (χ3v) is 4.10. The Morgan fingerprint density at radius 2 is 2.32 bits per heavy atom. The molecule has 0 bridgehead atoms. The molecule has 1 amide bonds. The highest BCUT2D eigenvalue weighted by molar-refractivity contribution is 9.10. The van der Waals surface area contributed by atoms with Gasteiger partial charge in [-0.2, -0.15) is 0 Å². The molecule has 1 aromatic rings. The van der Waals surface area contributed by atoms with Crippen LogP contribution in [-0.2, 0) is 4.79 Å². The number of phenolic OH excluding ortho intramolecular Hbond substituents is 1. The molecule has 0 aliphatic carbocycles. The van der Waals surface area contributed by atoms with Crippen molar-refractivity contribution in [2.24, 2.45) is 0 Å². The number of nitrogens with one attached hydrogen (secondary N) is 1. The Morgan fingerprint density at radius 1 is 1.58 bits per heavy atom. The van der Waals surface area contributed by atoms with Crippen LogP contribution >= 0.6 is 15.9 Å². The first-order chi connectivity index (χ1) is 9.02. The number of benzene rings is 1. The maximum atomic E-state index is 11.9. The van der Waals surface area contributed by atoms with E-state index < -0.39 is 0 Å². The summed E-state index contributed by atoms with van der Waals surface area (Å²) in [6.45, 7) is 2.83. The van der Waals surface area contributed by atoms with Gasteiger partial charge in [0.2, 0.25) is 5.91 Å². The molecule has 1 aliphatic heterocycles. The third-order valence-electron chi connectivity index (χ3n) is 3.60. The van der Waals surface area contributed by atoms with Crippen molar-refractivity contribution in [1.29, 1.82) is 0 Å². The van der Waals surface area contributed by atoms with Gasteiger partial charge in [0.1, 0.15) is 5.75 Å². The Kier molecular flexibility index (Phi) is 4.47. The molecule has 2 atom stereocenters. The van der Waals surface area contributed by atoms with Gasteiger partial charge in [-0.1, -0.05) is 22.9 Å². The van der Waals surface area contributed by atoms with Crippen molar-refractivity contribution >= 4 is 21.8 Å². The summed E-state index contributed by atoms with van der Waals surface area (Å²) >= 11 is 3.41. The monoisotopic (exact) mass is 326 g/mol. The van der Waals surface area contributed by atoms with Gasteiger partial charge in [0.25, 0.3) is 0 Å². The van der Waals surface area contributed by atoms with Crippen molar-refractivity contribution in [3.63, 3.8) is 0 Å². The molecule has 2 unspecified atom stereocenters. The summed E-state index contributed by atoms with van der Waals surface area (Å²) in [5, 5.41) is 13.3. The van der Waals surface area contributed by atoms with Gasteiger partial charge in [0.05, 0.1) is 6.04 Å². The van der Waals surface area contributed by atoms with Crippen LogP contribution in [0.5, 0.6) is 5.75 Å². The number of aromatic hydroxyl groups is 1. The number of likely N-dealkylation sites (tertiary alicyclic amines) is 1. The van der Waals surface area contributed by atoms with Crippen LogP contribution in [0, 0.1) is 0 Å². The lowest BCUT2D eigenvalue weighted by Crippen LogP contribution is -2.39. The van der Waals surface area contributed by atoms with Crippen molar-refractivity contribution in [2.75, 3.05) is 13.6 Å². The molecule has 1 aromatic carbocycles. The molecule has 1 saturated heterocycles. The average Bonchev–Trinajstić information content (AvgIpc) is 2.70. The zero-order valence-corrected chi connectivity index (χ0v) is 12.8. The fourth-order valence-electron chi connectivity index (χ4n) is 2.45. The Labute approximate surface area is 121 Å². The molecule has 1 fully saturated rings. The van der Waals surface area contributed by atoms with Crippen LogP contribution in [0.1, 0.15) is 31.4 Å². The first-order valence-corrected chi connectivity index (χ1v) is 7.31. The van der Waals surface area contributed by atoms with E-state index in [9.17, 15) is 9.90 Å². The van der Waals surface area contributed by atoms with E-state index in [0.29, 0.717) is 0 Å². The van der Waals surface area contributed by atoms with Crippen molar-refractivity contribution in [3.05, 3.63) is 28.2 Å². The molecular weight excluding hydrogens is 308 g/mol. The largest absolute Gasteiger partial charge is 0.508 e. The normalized spacial score (nSPS) is 20.9. The smallest absolute Gasteiger partial charge is 0.239 e. The van der Waals surface area contributed by atoms with Crippen LogP contribution < -0.4 is 5.32 Å². The molecule has 104 valence electrons. The van der Waals surface area contributed by atoms with Crippen molar-refractivity contribution in [2.45, 2.75) is 31.8 Å². The molecular formula is C14H19BrN2O2. The lowest BCUT2D eigenvalue weighted by molar-refractivity contribution is -0.128. The number of carbonyl (C=O) groups excluding carboxylic acids is 1. The standard InChI is InChI=1S/C14H19BrN2O2/c1-3-11(10-8-9(15)4-5-13(10)18)16-12-6-7-17(2)14(12)19/h4-5,8,11-12,16,18H,3,6-7H2,1-2H3. The SMILES string of the molecule is CCC(NC1CCN(C)C1=O)c1cc(Br)ccc1O. The Morgan fingerprint density at radius 3 is 2.89 bits per heavy atom. The zero-order valence-electron chi connectivity index (χ0n) is 11.2. The highest BCUT2D eigenvalue weighted by Gasteiger charge is 2.31. The van der Waals surface area contributed by atoms with Gasteiger partial charge in [0, 0.05) is 29.7 Å². The summed E-state index contributed by atoms with van der Waals surface area (Å²) < 4.78 is 0.926. The third kappa shape index (κ3) is 3.09. The quantitative estimate of drug-likeness (QED) is 0.893. The predicted octanol–water partition coefficient (Wildman–Crippen LogP) is 2.43. The summed E-state index contributed by atoms with van der Waals surface area (Å²) in [6.07, 6.45) is 1.64. The van der Waals surface area contributed by atoms with Gasteiger partial charge < -0.3 is 10.0 Å². The lowest BCUT2D eigenvalue weighted by atomic mass is 10.0. The first kappa shape index (κ1) is 14.3. The number of halogens is 1. The number of phenols is 1. The molecule has 4 nitrogen and oxygen atoms in total. The van der Waals surface area contributed by atoms with Crippen LogP contribution in [0.15, 0.2) is 22.7 Å². The molecule has 1 heterocycles. The summed E-state index contributed by atoms with van der Waals surface area (Å²) in [4.78, 5) is 13.7. The molecule has 19 heavy (non-hydrogen) atoms. The summed E-state index contributed by atoms with van der Waals surface area (Å²) in [5.74, 6) is 0.397. The first-order valence-electron chi connectivity index (χ1n) is 6.52. The second-order valence-corrected chi connectivity index (χ2v) is 5.85. The number of amides is 1. The van der Waals surface area contributed by atoms with E-state index in [1.165, 1.54) is 0 Å². The molecule has 0 saturated carbocycles. The Hall–Kier alpha value is -1.07. The molecule has 2 N–H and O–H groups in total. The molecule has 5 heteroatoms. The van der Waals surface area contributed by atoms with E-state index in [1.807, 2.05) is 20.0 Å². The minimum atomic E-state index is -0.145. The minimum absolute atomic E-state index is 0.0158. The Balaban J connectivity index is 2.16. The zero-order chi connectivity index (χ0) is 14.0. The molecule has 2 rings (SSSR count). The number of hydrogen-bond acceptors (Lipinski definition) is 3. The van der Waals surface area contributed by atoms with E-state index in [4.69, 9.17) is 0 Å². The van der Waals surface area contributed by atoms with Crippen molar-refractivity contribution < 1.29 is 9.90 Å². The fraction of sp³-hybridized carbons (Fsp3) is 0.500. The predicted molar refractivity (Wildman–Crippen MR) is 78.0 cm³/mol. The number of nitrogens with zero attached hydrogens (tertiary/aromatic N) is 1. The van der Waals surface area contributed by atoms with E-state index in [-0.39, 0.29) is 23.7 Å². The number of rotatable bonds is 4.